The predicted molar refractivity (Wildman–Crippen MR) is 72.8 cm³/mol. The van der Waals surface area contributed by atoms with Crippen LogP contribution >= 0.6 is 0 Å². The standard InChI is InChI=1S/C15H16N2O/c1-10-7-8-14(16-9-10)17-15(18)13-6-4-5-11(2)12(13)3/h4-9H,1-3H3,(H,16,17,18). The Hall–Kier alpha value is -2.16. The van der Waals surface area contributed by atoms with E-state index in [2.05, 4.69) is 10.3 Å². The predicted octanol–water partition coefficient (Wildman–Crippen LogP) is 3.26. The molecule has 0 unspecified atom stereocenters. The number of carbonyl (C=O) groups excluding carboxylic acids is 1. The second kappa shape index (κ2) is 5.00. The van der Waals surface area contributed by atoms with E-state index in [4.69, 9.17) is 0 Å². The molecule has 2 aromatic rings. The molecule has 92 valence electrons. The Morgan fingerprint density at radius 3 is 2.56 bits per heavy atom. The Kier molecular flexibility index (Phi) is 3.42. The maximum Gasteiger partial charge on any atom is 0.257 e. The highest BCUT2D eigenvalue weighted by Gasteiger charge is 2.10. The molecule has 0 aliphatic rings. The van der Waals surface area contributed by atoms with Gasteiger partial charge in [-0.2, -0.15) is 0 Å². The van der Waals surface area contributed by atoms with Gasteiger partial charge >= 0.3 is 0 Å². The molecule has 1 N–H and O–H groups in total. The summed E-state index contributed by atoms with van der Waals surface area (Å²) in [5.74, 6) is 0.457. The molecule has 0 saturated carbocycles. The van der Waals surface area contributed by atoms with Crippen LogP contribution in [-0.4, -0.2) is 10.9 Å². The van der Waals surface area contributed by atoms with Crippen molar-refractivity contribution in [3.05, 3.63) is 58.8 Å². The molecule has 0 aliphatic carbocycles. The van der Waals surface area contributed by atoms with Crippen LogP contribution in [0.15, 0.2) is 36.5 Å². The zero-order valence-corrected chi connectivity index (χ0v) is 10.8. The smallest absolute Gasteiger partial charge is 0.257 e. The fourth-order valence-electron chi connectivity index (χ4n) is 1.72. The summed E-state index contributed by atoms with van der Waals surface area (Å²) < 4.78 is 0. The summed E-state index contributed by atoms with van der Waals surface area (Å²) in [6, 6.07) is 9.44. The van der Waals surface area contributed by atoms with Gasteiger partial charge in [-0.25, -0.2) is 4.98 Å². The van der Waals surface area contributed by atoms with Crippen molar-refractivity contribution in [2.24, 2.45) is 0 Å². The Balaban J connectivity index is 2.22. The van der Waals surface area contributed by atoms with Crippen molar-refractivity contribution >= 4 is 11.7 Å². The molecule has 3 heteroatoms. The minimum atomic E-state index is -0.118. The summed E-state index contributed by atoms with van der Waals surface area (Å²) in [4.78, 5) is 16.3. The maximum absolute atomic E-state index is 12.1. The molecule has 0 bridgehead atoms. The highest BCUT2D eigenvalue weighted by molar-refractivity contribution is 6.04. The van der Waals surface area contributed by atoms with E-state index in [1.165, 1.54) is 0 Å². The van der Waals surface area contributed by atoms with E-state index in [1.807, 2.05) is 45.0 Å². The molecule has 1 amide bonds. The average molecular weight is 240 g/mol. The lowest BCUT2D eigenvalue weighted by atomic mass is 10.0. The third-order valence-corrected chi connectivity index (χ3v) is 3.00. The van der Waals surface area contributed by atoms with Crippen molar-refractivity contribution < 1.29 is 4.79 Å². The van der Waals surface area contributed by atoms with E-state index < -0.39 is 0 Å². The number of benzene rings is 1. The van der Waals surface area contributed by atoms with Crippen molar-refractivity contribution in [1.82, 2.24) is 4.98 Å². The van der Waals surface area contributed by atoms with Crippen molar-refractivity contribution in [2.45, 2.75) is 20.8 Å². The van der Waals surface area contributed by atoms with Gasteiger partial charge in [0.2, 0.25) is 0 Å². The number of nitrogens with zero attached hydrogens (tertiary/aromatic N) is 1. The number of pyridine rings is 1. The molecule has 1 aromatic carbocycles. The maximum atomic E-state index is 12.1. The SMILES string of the molecule is Cc1ccc(NC(=O)c2cccc(C)c2C)nc1. The monoisotopic (exact) mass is 240 g/mol. The molecule has 0 saturated heterocycles. The van der Waals surface area contributed by atoms with Gasteiger partial charge in [0, 0.05) is 11.8 Å². The molecular formula is C15H16N2O. The number of aryl methyl sites for hydroxylation is 2. The molecule has 3 nitrogen and oxygen atoms in total. The summed E-state index contributed by atoms with van der Waals surface area (Å²) in [5, 5.41) is 2.80. The second-order valence-corrected chi connectivity index (χ2v) is 4.42. The number of hydrogen-bond acceptors (Lipinski definition) is 2. The quantitative estimate of drug-likeness (QED) is 0.875. The number of hydrogen-bond donors (Lipinski definition) is 1. The van der Waals surface area contributed by atoms with Gasteiger partial charge in [0.25, 0.3) is 5.91 Å². The zero-order valence-electron chi connectivity index (χ0n) is 10.8. The normalized spacial score (nSPS) is 10.2. The number of rotatable bonds is 2. The Bertz CT molecular complexity index is 574. The number of nitrogens with one attached hydrogen (secondary N) is 1. The summed E-state index contributed by atoms with van der Waals surface area (Å²) in [6.07, 6.45) is 1.73. The minimum Gasteiger partial charge on any atom is -0.307 e. The lowest BCUT2D eigenvalue weighted by Crippen LogP contribution is -2.14. The topological polar surface area (TPSA) is 42.0 Å². The van der Waals surface area contributed by atoms with Crippen LogP contribution in [0.4, 0.5) is 5.82 Å². The van der Waals surface area contributed by atoms with Gasteiger partial charge in [-0.1, -0.05) is 18.2 Å². The van der Waals surface area contributed by atoms with Gasteiger partial charge in [0.15, 0.2) is 0 Å². The van der Waals surface area contributed by atoms with E-state index in [9.17, 15) is 4.79 Å². The van der Waals surface area contributed by atoms with Crippen molar-refractivity contribution in [1.29, 1.82) is 0 Å². The fraction of sp³-hybridized carbons (Fsp3) is 0.200. The van der Waals surface area contributed by atoms with E-state index in [0.29, 0.717) is 11.4 Å². The van der Waals surface area contributed by atoms with E-state index in [-0.39, 0.29) is 5.91 Å². The molecule has 1 aromatic heterocycles. The van der Waals surface area contributed by atoms with E-state index >= 15 is 0 Å². The van der Waals surface area contributed by atoms with Crippen LogP contribution in [-0.2, 0) is 0 Å². The van der Waals surface area contributed by atoms with Crippen LogP contribution in [0.2, 0.25) is 0 Å². The second-order valence-electron chi connectivity index (χ2n) is 4.42. The largest absolute Gasteiger partial charge is 0.307 e. The molecule has 1 heterocycles. The van der Waals surface area contributed by atoms with Crippen molar-refractivity contribution in [3.63, 3.8) is 0 Å². The first-order valence-corrected chi connectivity index (χ1v) is 5.88. The number of anilines is 1. The highest BCUT2D eigenvalue weighted by atomic mass is 16.1. The van der Waals surface area contributed by atoms with Crippen LogP contribution in [0, 0.1) is 20.8 Å². The molecule has 0 fully saturated rings. The van der Waals surface area contributed by atoms with Crippen LogP contribution in [0.25, 0.3) is 0 Å². The number of amides is 1. The van der Waals surface area contributed by atoms with Gasteiger partial charge in [0.1, 0.15) is 5.82 Å². The molecule has 18 heavy (non-hydrogen) atoms. The average Bonchev–Trinajstić information content (AvgIpc) is 2.35. The van der Waals surface area contributed by atoms with Crippen LogP contribution in [0.5, 0.6) is 0 Å². The third kappa shape index (κ3) is 2.56. The van der Waals surface area contributed by atoms with Gasteiger partial charge < -0.3 is 5.32 Å². The summed E-state index contributed by atoms with van der Waals surface area (Å²) in [5.41, 5.74) is 3.87. The van der Waals surface area contributed by atoms with Crippen LogP contribution in [0.1, 0.15) is 27.0 Å². The van der Waals surface area contributed by atoms with Crippen molar-refractivity contribution in [3.8, 4) is 0 Å². The zero-order chi connectivity index (χ0) is 13.1. The van der Waals surface area contributed by atoms with Gasteiger partial charge in [0.05, 0.1) is 0 Å². The first-order valence-electron chi connectivity index (χ1n) is 5.88. The molecule has 0 atom stereocenters. The van der Waals surface area contributed by atoms with Gasteiger partial charge in [-0.05, 0) is 49.6 Å². The van der Waals surface area contributed by atoms with Gasteiger partial charge in [-0.15, -0.1) is 0 Å². The number of carbonyl (C=O) groups is 1. The molecular weight excluding hydrogens is 224 g/mol. The Morgan fingerprint density at radius 2 is 1.89 bits per heavy atom. The van der Waals surface area contributed by atoms with Crippen molar-refractivity contribution in [2.75, 3.05) is 5.32 Å². The molecule has 0 spiro atoms. The lowest BCUT2D eigenvalue weighted by molar-refractivity contribution is 0.102. The first kappa shape index (κ1) is 12.3. The minimum absolute atomic E-state index is 0.118. The lowest BCUT2D eigenvalue weighted by Gasteiger charge is -2.09. The summed E-state index contributed by atoms with van der Waals surface area (Å²) in [7, 11) is 0. The number of aromatic nitrogens is 1. The molecule has 0 aliphatic heterocycles. The Labute approximate surface area is 107 Å². The summed E-state index contributed by atoms with van der Waals surface area (Å²) in [6.45, 7) is 5.91. The van der Waals surface area contributed by atoms with E-state index in [0.717, 1.165) is 16.7 Å². The van der Waals surface area contributed by atoms with Gasteiger partial charge in [-0.3, -0.25) is 4.79 Å². The highest BCUT2D eigenvalue weighted by Crippen LogP contribution is 2.14. The van der Waals surface area contributed by atoms with Crippen LogP contribution < -0.4 is 5.32 Å². The van der Waals surface area contributed by atoms with E-state index in [1.54, 1.807) is 12.3 Å². The molecule has 0 radical (unpaired) electrons. The first-order chi connectivity index (χ1) is 8.58. The Morgan fingerprint density at radius 1 is 1.11 bits per heavy atom. The van der Waals surface area contributed by atoms with Crippen LogP contribution in [0.3, 0.4) is 0 Å². The third-order valence-electron chi connectivity index (χ3n) is 3.00. The summed E-state index contributed by atoms with van der Waals surface area (Å²) >= 11 is 0. The molecule has 2 rings (SSSR count). The fourth-order valence-corrected chi connectivity index (χ4v) is 1.72.